The largest absolute Gasteiger partial charge is 0.375 e. The predicted octanol–water partition coefficient (Wildman–Crippen LogP) is 0.876. The van der Waals surface area contributed by atoms with Gasteiger partial charge in [0.1, 0.15) is 5.82 Å². The minimum Gasteiger partial charge on any atom is -0.375 e. The van der Waals surface area contributed by atoms with Crippen LogP contribution in [0.4, 0.5) is 14.6 Å². The Labute approximate surface area is 102 Å². The van der Waals surface area contributed by atoms with Gasteiger partial charge in [0, 0.05) is 25.0 Å². The fraction of sp³-hybridized carbons (Fsp3) is 0.364. The first-order chi connectivity index (χ1) is 8.06. The molecule has 0 aliphatic carbocycles. The number of aromatic nitrogens is 1. The van der Waals surface area contributed by atoms with Crippen molar-refractivity contribution in [2.75, 3.05) is 25.5 Å². The summed E-state index contributed by atoms with van der Waals surface area (Å²) in [4.78, 5) is 6.19. The van der Waals surface area contributed by atoms with Crippen LogP contribution in [0, 0.1) is 0 Å². The molecule has 1 aliphatic heterocycles. The molecule has 0 radical (unpaired) electrons. The number of hydrogen-bond acceptors (Lipinski definition) is 3. The molecule has 0 fully saturated rings. The molecule has 17 heavy (non-hydrogen) atoms. The minimum absolute atomic E-state index is 0.297. The third-order valence-electron chi connectivity index (χ3n) is 2.40. The Morgan fingerprint density at radius 1 is 1.59 bits per heavy atom. The quantitative estimate of drug-likeness (QED) is 0.873. The number of nitrogens with one attached hydrogen (secondary N) is 1. The van der Waals surface area contributed by atoms with Crippen molar-refractivity contribution in [1.29, 1.82) is 0 Å². The molecule has 1 aromatic rings. The van der Waals surface area contributed by atoms with Crippen LogP contribution in [0.1, 0.15) is 0 Å². The summed E-state index contributed by atoms with van der Waals surface area (Å²) < 4.78 is 24.2. The van der Waals surface area contributed by atoms with Gasteiger partial charge in [0.2, 0.25) is 0 Å². The van der Waals surface area contributed by atoms with Crippen molar-refractivity contribution in [3.63, 3.8) is 0 Å². The number of pyridine rings is 1. The maximum absolute atomic E-state index is 12.1. The van der Waals surface area contributed by atoms with Gasteiger partial charge in [-0.15, -0.1) is 0 Å². The van der Waals surface area contributed by atoms with Crippen molar-refractivity contribution in [3.8, 4) is 0 Å². The van der Waals surface area contributed by atoms with Crippen molar-refractivity contribution in [2.24, 2.45) is 0 Å². The van der Waals surface area contributed by atoms with Gasteiger partial charge in [-0.3, -0.25) is 0 Å². The van der Waals surface area contributed by atoms with Crippen molar-refractivity contribution in [3.05, 3.63) is 21.7 Å². The molecule has 0 spiro atoms. The Bertz CT molecular complexity index is 530. The fourth-order valence-corrected chi connectivity index (χ4v) is 1.81. The standard InChI is InChI=1S/C11H12ClF2N3/c1-17-3-2-7-4-8(12)11(15-5-10(13)14)16-9(7)6-17/h2,4,6,10H,3,5H2,1H3,(H,15,16). The first kappa shape index (κ1) is 12.1. The Kier molecular flexibility index (Phi) is 3.47. The summed E-state index contributed by atoms with van der Waals surface area (Å²) in [7, 11) is 1.92. The van der Waals surface area contributed by atoms with Crippen LogP contribution in [0.3, 0.4) is 0 Å². The third kappa shape index (κ3) is 2.85. The van der Waals surface area contributed by atoms with E-state index < -0.39 is 13.0 Å². The molecule has 1 aliphatic rings. The highest BCUT2D eigenvalue weighted by Gasteiger charge is 2.08. The highest BCUT2D eigenvalue weighted by molar-refractivity contribution is 6.32. The van der Waals surface area contributed by atoms with Gasteiger partial charge in [-0.1, -0.05) is 17.7 Å². The number of hydrogen-bond donors (Lipinski definition) is 1. The first-order valence-electron chi connectivity index (χ1n) is 5.17. The summed E-state index contributed by atoms with van der Waals surface area (Å²) in [6.45, 7) is 0.333. The molecular weight excluding hydrogens is 248 g/mol. The van der Waals surface area contributed by atoms with E-state index in [2.05, 4.69) is 10.3 Å². The van der Waals surface area contributed by atoms with Crippen molar-refractivity contribution < 1.29 is 8.78 Å². The topological polar surface area (TPSA) is 28.2 Å². The highest BCUT2D eigenvalue weighted by Crippen LogP contribution is 2.15. The molecule has 2 heterocycles. The second kappa shape index (κ2) is 4.87. The van der Waals surface area contributed by atoms with E-state index in [9.17, 15) is 8.78 Å². The van der Waals surface area contributed by atoms with Crippen LogP contribution >= 0.6 is 11.6 Å². The summed E-state index contributed by atoms with van der Waals surface area (Å²) >= 11 is 5.96. The van der Waals surface area contributed by atoms with Gasteiger partial charge >= 0.3 is 0 Å². The average Bonchev–Trinajstić information content (AvgIpc) is 2.26. The van der Waals surface area contributed by atoms with Gasteiger partial charge in [-0.2, -0.15) is 0 Å². The lowest BCUT2D eigenvalue weighted by atomic mass is 10.2. The van der Waals surface area contributed by atoms with E-state index in [0.717, 1.165) is 17.1 Å². The maximum atomic E-state index is 12.1. The number of halogens is 3. The van der Waals surface area contributed by atoms with Crippen molar-refractivity contribution >= 4 is 29.7 Å². The number of fused-ring (bicyclic) bond motifs is 1. The summed E-state index contributed by atoms with van der Waals surface area (Å²) in [5.74, 6) is 0.297. The van der Waals surface area contributed by atoms with Crippen LogP contribution in [0.25, 0.3) is 12.3 Å². The van der Waals surface area contributed by atoms with E-state index in [0.29, 0.717) is 10.8 Å². The predicted molar refractivity (Wildman–Crippen MR) is 64.6 cm³/mol. The molecule has 2 rings (SSSR count). The third-order valence-corrected chi connectivity index (χ3v) is 2.69. The Hall–Kier alpha value is -1.36. The molecule has 3 nitrogen and oxygen atoms in total. The van der Waals surface area contributed by atoms with Crippen molar-refractivity contribution in [2.45, 2.75) is 6.43 Å². The molecule has 0 unspecified atom stereocenters. The SMILES string of the molecule is CN1C=c2nc(NCC(F)F)c(Cl)cc2=CC1. The van der Waals surface area contributed by atoms with Crippen LogP contribution in [-0.4, -0.2) is 36.4 Å². The Morgan fingerprint density at radius 2 is 2.35 bits per heavy atom. The molecule has 0 saturated heterocycles. The number of rotatable bonds is 3. The Morgan fingerprint density at radius 3 is 3.06 bits per heavy atom. The van der Waals surface area contributed by atoms with E-state index in [1.54, 1.807) is 6.07 Å². The van der Waals surface area contributed by atoms with E-state index in [4.69, 9.17) is 11.6 Å². The summed E-state index contributed by atoms with van der Waals surface area (Å²) in [5, 5.41) is 4.55. The second-order valence-corrected chi connectivity index (χ2v) is 4.25. The van der Waals surface area contributed by atoms with Gasteiger partial charge in [0.25, 0.3) is 6.43 Å². The zero-order valence-electron chi connectivity index (χ0n) is 9.25. The molecule has 0 atom stereocenters. The van der Waals surface area contributed by atoms with E-state index in [1.807, 2.05) is 24.2 Å². The minimum atomic E-state index is -2.43. The number of alkyl halides is 2. The monoisotopic (exact) mass is 259 g/mol. The van der Waals surface area contributed by atoms with Crippen molar-refractivity contribution in [1.82, 2.24) is 9.88 Å². The number of nitrogens with zero attached hydrogens (tertiary/aromatic N) is 2. The summed E-state index contributed by atoms with van der Waals surface area (Å²) in [6.07, 6.45) is 1.42. The van der Waals surface area contributed by atoms with Gasteiger partial charge in [0.15, 0.2) is 0 Å². The zero-order chi connectivity index (χ0) is 12.4. The van der Waals surface area contributed by atoms with Crippen LogP contribution in [0.15, 0.2) is 6.07 Å². The molecule has 0 amide bonds. The molecule has 6 heteroatoms. The second-order valence-electron chi connectivity index (χ2n) is 3.84. The van der Waals surface area contributed by atoms with E-state index in [-0.39, 0.29) is 0 Å². The lowest BCUT2D eigenvalue weighted by Gasteiger charge is -2.15. The smallest absolute Gasteiger partial charge is 0.255 e. The fourth-order valence-electron chi connectivity index (χ4n) is 1.59. The van der Waals surface area contributed by atoms with Gasteiger partial charge in [0.05, 0.1) is 16.9 Å². The van der Waals surface area contributed by atoms with Gasteiger partial charge in [-0.05, 0) is 6.07 Å². The van der Waals surface area contributed by atoms with Gasteiger partial charge in [-0.25, -0.2) is 13.8 Å². The van der Waals surface area contributed by atoms with Crippen LogP contribution in [0.5, 0.6) is 0 Å². The Balaban J connectivity index is 2.36. The first-order valence-corrected chi connectivity index (χ1v) is 5.55. The lowest BCUT2D eigenvalue weighted by molar-refractivity contribution is 0.163. The average molecular weight is 260 g/mol. The molecule has 1 N–H and O–H groups in total. The molecular formula is C11H12ClF2N3. The normalized spacial score (nSPS) is 14.1. The summed E-state index contributed by atoms with van der Waals surface area (Å²) in [5.41, 5.74) is 0. The molecule has 0 aromatic carbocycles. The molecule has 1 aromatic heterocycles. The summed E-state index contributed by atoms with van der Waals surface area (Å²) in [6, 6.07) is 1.74. The lowest BCUT2D eigenvalue weighted by Crippen LogP contribution is -2.37. The molecule has 92 valence electrons. The maximum Gasteiger partial charge on any atom is 0.255 e. The highest BCUT2D eigenvalue weighted by atomic mass is 35.5. The van der Waals surface area contributed by atoms with Crippen LogP contribution < -0.4 is 15.9 Å². The number of anilines is 1. The van der Waals surface area contributed by atoms with Crippen LogP contribution in [0.2, 0.25) is 5.02 Å². The van der Waals surface area contributed by atoms with E-state index in [1.165, 1.54) is 0 Å². The zero-order valence-corrected chi connectivity index (χ0v) is 10.0. The molecule has 0 saturated carbocycles. The molecule has 0 bridgehead atoms. The van der Waals surface area contributed by atoms with Crippen LogP contribution in [-0.2, 0) is 0 Å². The van der Waals surface area contributed by atoms with Gasteiger partial charge < -0.3 is 10.2 Å². The van der Waals surface area contributed by atoms with E-state index >= 15 is 0 Å².